The number of benzene rings is 8. The van der Waals surface area contributed by atoms with Crippen LogP contribution in [-0.4, -0.2) is 0 Å². The third-order valence-electron chi connectivity index (χ3n) is 12.7. The molecule has 1 nitrogen and oxygen atoms in total. The molecule has 1 heterocycles. The van der Waals surface area contributed by atoms with E-state index in [9.17, 15) is 0 Å². The Labute approximate surface area is 333 Å². The lowest BCUT2D eigenvalue weighted by Crippen LogP contribution is -2.14. The molecule has 0 bridgehead atoms. The van der Waals surface area contributed by atoms with E-state index in [2.05, 4.69) is 209 Å². The quantitative estimate of drug-likeness (QED) is 0.170. The molecule has 9 aromatic rings. The largest absolute Gasteiger partial charge is 0.310 e. The normalized spacial score (nSPS) is 14.4. The number of nitrogens with zero attached hydrogens (tertiary/aromatic N) is 1. The first-order valence-corrected chi connectivity index (χ1v) is 20.5. The fourth-order valence-electron chi connectivity index (χ4n) is 9.75. The zero-order valence-electron chi connectivity index (χ0n) is 32.1. The minimum atomic E-state index is -0.0161. The molecule has 0 saturated heterocycles. The van der Waals surface area contributed by atoms with Crippen LogP contribution < -0.4 is 4.90 Å². The molecule has 0 fully saturated rings. The van der Waals surface area contributed by atoms with Gasteiger partial charge in [-0.1, -0.05) is 149 Å². The van der Waals surface area contributed by atoms with Crippen molar-refractivity contribution in [2.75, 3.05) is 4.90 Å². The molecule has 0 aliphatic heterocycles. The van der Waals surface area contributed by atoms with Crippen molar-refractivity contribution >= 4 is 48.6 Å². The minimum absolute atomic E-state index is 0.0161. The van der Waals surface area contributed by atoms with E-state index in [0.717, 1.165) is 17.1 Å². The van der Waals surface area contributed by atoms with Crippen LogP contribution in [0.1, 0.15) is 49.9 Å². The van der Waals surface area contributed by atoms with Gasteiger partial charge in [0.25, 0.3) is 0 Å². The lowest BCUT2D eigenvalue weighted by atomic mass is 9.82. The summed E-state index contributed by atoms with van der Waals surface area (Å²) in [6.45, 7) is 9.39. The van der Waals surface area contributed by atoms with Crippen molar-refractivity contribution in [2.24, 2.45) is 0 Å². The second kappa shape index (κ2) is 12.1. The van der Waals surface area contributed by atoms with Crippen molar-refractivity contribution < 1.29 is 0 Å². The van der Waals surface area contributed by atoms with Gasteiger partial charge in [0.2, 0.25) is 0 Å². The van der Waals surface area contributed by atoms with Crippen LogP contribution in [0.15, 0.2) is 176 Å². The predicted molar refractivity (Wildman–Crippen MR) is 240 cm³/mol. The van der Waals surface area contributed by atoms with E-state index in [0.29, 0.717) is 0 Å². The smallest absolute Gasteiger partial charge is 0.0476 e. The van der Waals surface area contributed by atoms with Crippen LogP contribution in [0, 0.1) is 0 Å². The van der Waals surface area contributed by atoms with E-state index in [1.807, 2.05) is 11.3 Å². The Kier molecular flexibility index (Phi) is 7.18. The molecule has 0 amide bonds. The van der Waals surface area contributed by atoms with Gasteiger partial charge in [0.05, 0.1) is 0 Å². The van der Waals surface area contributed by atoms with Crippen LogP contribution in [0.5, 0.6) is 0 Å². The van der Waals surface area contributed by atoms with Crippen molar-refractivity contribution in [2.45, 2.75) is 38.5 Å². The Balaban J connectivity index is 1.05. The molecule has 2 heteroatoms. The molecular weight excluding hydrogens is 695 g/mol. The van der Waals surface area contributed by atoms with Gasteiger partial charge in [0.1, 0.15) is 0 Å². The number of thiophene rings is 1. The molecule has 0 N–H and O–H groups in total. The maximum absolute atomic E-state index is 2.44. The average molecular weight is 736 g/mol. The zero-order valence-corrected chi connectivity index (χ0v) is 32.9. The highest BCUT2D eigenvalue weighted by atomic mass is 32.1. The van der Waals surface area contributed by atoms with Gasteiger partial charge in [-0.3, -0.25) is 0 Å². The Morgan fingerprint density at radius 2 is 0.804 bits per heavy atom. The van der Waals surface area contributed by atoms with Crippen molar-refractivity contribution in [1.82, 2.24) is 0 Å². The molecule has 56 heavy (non-hydrogen) atoms. The summed E-state index contributed by atoms with van der Waals surface area (Å²) in [5.41, 5.74) is 19.2. The summed E-state index contributed by atoms with van der Waals surface area (Å²) in [5.74, 6) is 0. The van der Waals surface area contributed by atoms with Gasteiger partial charge in [-0.2, -0.15) is 0 Å². The number of hydrogen-bond donors (Lipinski definition) is 0. The maximum atomic E-state index is 2.44. The standard InChI is InChI=1S/C54H41NS/c1-53(2)47-20-8-5-17-41(47)45-31-36(23-27-49(45)53)34-13-11-15-38(29-34)55(40-25-26-44-43-19-7-10-22-51(43)56-52(44)33-40)39-16-12-14-35(30-39)37-24-28-50-46(32-37)42-18-6-9-21-48(42)54(50,3)4/h5-33H,1-4H3. The Hall–Kier alpha value is -6.22. The summed E-state index contributed by atoms with van der Waals surface area (Å²) in [6.07, 6.45) is 0. The highest BCUT2D eigenvalue weighted by Crippen LogP contribution is 2.51. The van der Waals surface area contributed by atoms with Crippen LogP contribution in [0.25, 0.3) is 64.7 Å². The number of rotatable bonds is 5. The first-order chi connectivity index (χ1) is 27.3. The topological polar surface area (TPSA) is 3.24 Å². The summed E-state index contributed by atoms with van der Waals surface area (Å²) < 4.78 is 2.61. The molecule has 2 aliphatic carbocycles. The molecule has 0 unspecified atom stereocenters. The second-order valence-corrected chi connectivity index (χ2v) is 17.7. The average Bonchev–Trinajstić information content (AvgIpc) is 3.80. The third kappa shape index (κ3) is 4.92. The molecule has 268 valence electrons. The maximum Gasteiger partial charge on any atom is 0.0476 e. The first-order valence-electron chi connectivity index (χ1n) is 19.7. The SMILES string of the molecule is CC1(C)c2ccccc2-c2cc(-c3cccc(N(c4cccc(-c5ccc6c(c5)-c5ccccc5C6(C)C)c4)c4ccc5c(c4)sc4ccccc45)c3)ccc21. The third-order valence-corrected chi connectivity index (χ3v) is 13.8. The van der Waals surface area contributed by atoms with Crippen LogP contribution in [-0.2, 0) is 10.8 Å². The van der Waals surface area contributed by atoms with Gasteiger partial charge in [-0.05, 0) is 121 Å². The van der Waals surface area contributed by atoms with Crippen molar-refractivity contribution in [1.29, 1.82) is 0 Å². The molecular formula is C54H41NS. The van der Waals surface area contributed by atoms with Gasteiger partial charge in [0, 0.05) is 48.1 Å². The first kappa shape index (κ1) is 33.1. The van der Waals surface area contributed by atoms with E-state index >= 15 is 0 Å². The Bertz CT molecular complexity index is 2900. The highest BCUT2D eigenvalue weighted by Gasteiger charge is 2.36. The fraction of sp³-hybridized carbons (Fsp3) is 0.111. The van der Waals surface area contributed by atoms with Crippen LogP contribution in [0.3, 0.4) is 0 Å². The summed E-state index contributed by atoms with van der Waals surface area (Å²) >= 11 is 1.87. The zero-order chi connectivity index (χ0) is 37.8. The van der Waals surface area contributed by atoms with Gasteiger partial charge in [-0.15, -0.1) is 11.3 Å². The summed E-state index contributed by atoms with van der Waals surface area (Å²) in [6, 6.07) is 65.9. The van der Waals surface area contributed by atoms with E-state index < -0.39 is 0 Å². The van der Waals surface area contributed by atoms with Crippen molar-refractivity contribution in [3.63, 3.8) is 0 Å². The van der Waals surface area contributed by atoms with Gasteiger partial charge < -0.3 is 4.90 Å². The molecule has 0 radical (unpaired) electrons. The van der Waals surface area contributed by atoms with Crippen molar-refractivity contribution in [3.8, 4) is 44.5 Å². The lowest BCUT2D eigenvalue weighted by molar-refractivity contribution is 0.660. The second-order valence-electron chi connectivity index (χ2n) is 16.6. The molecule has 1 aromatic heterocycles. The van der Waals surface area contributed by atoms with Crippen molar-refractivity contribution in [3.05, 3.63) is 198 Å². The predicted octanol–water partition coefficient (Wildman–Crippen LogP) is 15.5. The fourth-order valence-corrected chi connectivity index (χ4v) is 10.9. The van der Waals surface area contributed by atoms with E-state index in [1.165, 1.54) is 86.9 Å². The minimum Gasteiger partial charge on any atom is -0.310 e. The van der Waals surface area contributed by atoms with Crippen LogP contribution in [0.2, 0.25) is 0 Å². The molecule has 0 spiro atoms. The van der Waals surface area contributed by atoms with Gasteiger partial charge >= 0.3 is 0 Å². The molecule has 0 saturated carbocycles. The lowest BCUT2D eigenvalue weighted by Gasteiger charge is -2.27. The van der Waals surface area contributed by atoms with Gasteiger partial charge in [0.15, 0.2) is 0 Å². The number of anilines is 3. The number of fused-ring (bicyclic) bond motifs is 9. The van der Waals surface area contributed by atoms with Crippen LogP contribution in [0.4, 0.5) is 17.1 Å². The summed E-state index contributed by atoms with van der Waals surface area (Å²) in [4.78, 5) is 2.44. The summed E-state index contributed by atoms with van der Waals surface area (Å²) in [5, 5.41) is 2.62. The molecule has 8 aromatic carbocycles. The number of hydrogen-bond acceptors (Lipinski definition) is 2. The monoisotopic (exact) mass is 735 g/mol. The highest BCUT2D eigenvalue weighted by molar-refractivity contribution is 7.25. The Morgan fingerprint density at radius 3 is 1.39 bits per heavy atom. The molecule has 0 atom stereocenters. The van der Waals surface area contributed by atoms with Crippen LogP contribution >= 0.6 is 11.3 Å². The summed E-state index contributed by atoms with van der Waals surface area (Å²) in [7, 11) is 0. The van der Waals surface area contributed by atoms with E-state index in [4.69, 9.17) is 0 Å². The van der Waals surface area contributed by atoms with Gasteiger partial charge in [-0.25, -0.2) is 0 Å². The van der Waals surface area contributed by atoms with E-state index in [1.54, 1.807) is 0 Å². The molecule has 2 aliphatic rings. The van der Waals surface area contributed by atoms with E-state index in [-0.39, 0.29) is 10.8 Å². The molecule has 11 rings (SSSR count). The Morgan fingerprint density at radius 1 is 0.339 bits per heavy atom.